The maximum absolute atomic E-state index is 6.40. The highest BCUT2D eigenvalue weighted by atomic mass is 16.3. The number of hydrogen-bond donors (Lipinski definition) is 0. The number of furan rings is 1. The summed E-state index contributed by atoms with van der Waals surface area (Å²) < 4.78 is 11.2. The highest BCUT2D eigenvalue weighted by Gasteiger charge is 2.18. The van der Waals surface area contributed by atoms with Crippen molar-refractivity contribution in [1.82, 2.24) is 9.13 Å². The Morgan fingerprint density at radius 2 is 0.754 bits per heavy atom. The Labute approximate surface area is 376 Å². The molecule has 0 spiro atoms. The molecule has 0 radical (unpaired) electrons. The van der Waals surface area contributed by atoms with Crippen LogP contribution >= 0.6 is 0 Å². The molecule has 3 aromatic heterocycles. The van der Waals surface area contributed by atoms with E-state index >= 15 is 0 Å². The molecule has 13 aromatic rings. The van der Waals surface area contributed by atoms with E-state index in [-0.39, 0.29) is 0 Å². The second-order valence-electron chi connectivity index (χ2n) is 17.3. The van der Waals surface area contributed by atoms with Crippen LogP contribution in [0.25, 0.3) is 121 Å². The molecule has 0 saturated carbocycles. The average molecular weight is 831 g/mol. The van der Waals surface area contributed by atoms with Gasteiger partial charge in [-0.15, -0.1) is 0 Å². The number of aryl methyl sites for hydroxylation is 1. The first-order chi connectivity index (χ1) is 32.1. The van der Waals surface area contributed by atoms with Crippen LogP contribution in [0.3, 0.4) is 0 Å². The molecule has 0 fully saturated rings. The van der Waals surface area contributed by atoms with Gasteiger partial charge in [-0.1, -0.05) is 152 Å². The first-order valence-corrected chi connectivity index (χ1v) is 22.4. The molecule has 0 aliphatic heterocycles. The molecular formula is C62H42N2O. The number of rotatable bonds is 6. The van der Waals surface area contributed by atoms with E-state index < -0.39 is 0 Å². The minimum atomic E-state index is 0.913. The van der Waals surface area contributed by atoms with Crippen LogP contribution in [0.2, 0.25) is 0 Å². The van der Waals surface area contributed by atoms with Gasteiger partial charge in [0, 0.05) is 49.3 Å². The summed E-state index contributed by atoms with van der Waals surface area (Å²) in [7, 11) is 0. The Morgan fingerprint density at radius 3 is 1.38 bits per heavy atom. The normalized spacial score (nSPS) is 11.8. The summed E-state index contributed by atoms with van der Waals surface area (Å²) in [6.45, 7) is 4.44. The van der Waals surface area contributed by atoms with Gasteiger partial charge in [0.05, 0.1) is 22.1 Å². The third kappa shape index (κ3) is 5.82. The van der Waals surface area contributed by atoms with Gasteiger partial charge in [0.1, 0.15) is 11.2 Å². The molecule has 0 unspecified atom stereocenters. The largest absolute Gasteiger partial charge is 0.455 e. The van der Waals surface area contributed by atoms with E-state index in [9.17, 15) is 0 Å². The van der Waals surface area contributed by atoms with E-state index in [0.29, 0.717) is 0 Å². The lowest BCUT2D eigenvalue weighted by molar-refractivity contribution is 0.670. The first-order valence-electron chi connectivity index (χ1n) is 22.4. The van der Waals surface area contributed by atoms with Crippen LogP contribution in [0.15, 0.2) is 223 Å². The molecule has 0 aliphatic rings. The van der Waals surface area contributed by atoms with Gasteiger partial charge in [-0.25, -0.2) is 0 Å². The summed E-state index contributed by atoms with van der Waals surface area (Å²) in [6.07, 6.45) is 0. The molecule has 65 heavy (non-hydrogen) atoms. The second-order valence-corrected chi connectivity index (χ2v) is 17.3. The van der Waals surface area contributed by atoms with E-state index in [0.717, 1.165) is 44.4 Å². The van der Waals surface area contributed by atoms with Crippen molar-refractivity contribution in [1.29, 1.82) is 0 Å². The summed E-state index contributed by atoms with van der Waals surface area (Å²) in [5.41, 5.74) is 21.1. The van der Waals surface area contributed by atoms with Gasteiger partial charge in [-0.3, -0.25) is 0 Å². The van der Waals surface area contributed by atoms with Crippen LogP contribution in [0.1, 0.15) is 11.1 Å². The summed E-state index contributed by atoms with van der Waals surface area (Å²) in [5, 5.41) is 7.24. The minimum absolute atomic E-state index is 0.913. The van der Waals surface area contributed by atoms with Crippen molar-refractivity contribution in [3.63, 3.8) is 0 Å². The van der Waals surface area contributed by atoms with Crippen molar-refractivity contribution in [3.05, 3.63) is 230 Å². The van der Waals surface area contributed by atoms with Gasteiger partial charge in [0.15, 0.2) is 0 Å². The van der Waals surface area contributed by atoms with Crippen molar-refractivity contribution in [2.45, 2.75) is 13.8 Å². The Kier molecular flexibility index (Phi) is 8.34. The van der Waals surface area contributed by atoms with Gasteiger partial charge in [0.2, 0.25) is 0 Å². The lowest BCUT2D eigenvalue weighted by atomic mass is 9.91. The van der Waals surface area contributed by atoms with Gasteiger partial charge < -0.3 is 13.6 Å². The molecule has 0 amide bonds. The fraction of sp³-hybridized carbons (Fsp3) is 0.0323. The number of fused-ring (bicyclic) bond motifs is 9. The van der Waals surface area contributed by atoms with Gasteiger partial charge in [-0.2, -0.15) is 0 Å². The zero-order valence-electron chi connectivity index (χ0n) is 36.1. The predicted molar refractivity (Wildman–Crippen MR) is 274 cm³/mol. The Morgan fingerprint density at radius 1 is 0.308 bits per heavy atom. The third-order valence-corrected chi connectivity index (χ3v) is 13.7. The van der Waals surface area contributed by atoms with Gasteiger partial charge in [-0.05, 0) is 131 Å². The van der Waals surface area contributed by atoms with Crippen molar-refractivity contribution in [2.75, 3.05) is 0 Å². The molecule has 0 saturated heterocycles. The monoisotopic (exact) mass is 830 g/mol. The molecule has 10 aromatic carbocycles. The van der Waals surface area contributed by atoms with E-state index in [2.05, 4.69) is 229 Å². The summed E-state index contributed by atoms with van der Waals surface area (Å²) in [4.78, 5) is 0. The van der Waals surface area contributed by atoms with Gasteiger partial charge >= 0.3 is 0 Å². The topological polar surface area (TPSA) is 23.0 Å². The number of nitrogens with zero attached hydrogens (tertiary/aromatic N) is 2. The van der Waals surface area contributed by atoms with Gasteiger partial charge in [0.25, 0.3) is 0 Å². The lowest BCUT2D eigenvalue weighted by Crippen LogP contribution is -1.95. The van der Waals surface area contributed by atoms with Crippen LogP contribution in [0.5, 0.6) is 0 Å². The number of benzene rings is 10. The van der Waals surface area contributed by atoms with Crippen LogP contribution in [-0.2, 0) is 0 Å². The predicted octanol–water partition coefficient (Wildman–Crippen LogP) is 17.1. The fourth-order valence-electron chi connectivity index (χ4n) is 10.5. The number of hydrogen-bond acceptors (Lipinski definition) is 1. The minimum Gasteiger partial charge on any atom is -0.455 e. The van der Waals surface area contributed by atoms with Crippen molar-refractivity contribution < 1.29 is 4.42 Å². The van der Waals surface area contributed by atoms with Crippen LogP contribution < -0.4 is 0 Å². The van der Waals surface area contributed by atoms with Crippen molar-refractivity contribution in [3.8, 4) is 55.9 Å². The summed E-state index contributed by atoms with van der Waals surface area (Å²) >= 11 is 0. The average Bonchev–Trinajstić information content (AvgIpc) is 4.02. The fourth-order valence-corrected chi connectivity index (χ4v) is 10.5. The molecule has 0 aliphatic carbocycles. The quantitative estimate of drug-likeness (QED) is 0.164. The van der Waals surface area contributed by atoms with Crippen LogP contribution in [0.4, 0.5) is 0 Å². The van der Waals surface area contributed by atoms with Crippen LogP contribution in [-0.4, -0.2) is 9.13 Å². The molecular weight excluding hydrogens is 789 g/mol. The highest BCUT2D eigenvalue weighted by molar-refractivity contribution is 6.13. The zero-order valence-corrected chi connectivity index (χ0v) is 36.1. The molecule has 13 rings (SSSR count). The maximum atomic E-state index is 6.40. The van der Waals surface area contributed by atoms with Crippen molar-refractivity contribution in [2.24, 2.45) is 0 Å². The van der Waals surface area contributed by atoms with Crippen LogP contribution in [0, 0.1) is 13.8 Å². The molecule has 0 bridgehead atoms. The standard InChI is InChI=1S/C62H42N2O/c1-39-13-3-4-14-47(39)49-19-11-18-48(40(49)2)41-25-31-45(32-26-41)63-57-22-8-5-15-51(57)55-37-43(29-35-59(55)63)44-30-36-60-56(38-44)52-16-6-9-23-58(52)64(60)46-33-27-42(28-34-46)50-20-12-21-54-53-17-7-10-24-61(53)65-62(50)54/h3-38H,1-2H3. The van der Waals surface area contributed by atoms with Crippen molar-refractivity contribution >= 4 is 65.6 Å². The van der Waals surface area contributed by atoms with E-state index in [1.54, 1.807) is 0 Å². The molecule has 3 heteroatoms. The number of aromatic nitrogens is 2. The van der Waals surface area contributed by atoms with E-state index in [1.807, 2.05) is 12.1 Å². The van der Waals surface area contributed by atoms with E-state index in [1.165, 1.54) is 88.1 Å². The second kappa shape index (κ2) is 14.6. The summed E-state index contributed by atoms with van der Waals surface area (Å²) in [6, 6.07) is 79.5. The highest BCUT2D eigenvalue weighted by Crippen LogP contribution is 2.41. The Balaban J connectivity index is 0.869. The molecule has 3 nitrogen and oxygen atoms in total. The smallest absolute Gasteiger partial charge is 0.143 e. The lowest BCUT2D eigenvalue weighted by Gasteiger charge is -2.15. The Bertz CT molecular complexity index is 4010. The van der Waals surface area contributed by atoms with E-state index in [4.69, 9.17) is 4.42 Å². The first kappa shape index (κ1) is 37.2. The maximum Gasteiger partial charge on any atom is 0.143 e. The molecule has 3 heterocycles. The number of para-hydroxylation sites is 4. The summed E-state index contributed by atoms with van der Waals surface area (Å²) in [5.74, 6) is 0. The SMILES string of the molecule is Cc1ccccc1-c1cccc(-c2ccc(-n3c4ccccc4c4cc(-c5ccc6c(c5)c5ccccc5n6-c5ccc(-c6cccc7c6oc6ccccc67)cc5)ccc43)cc2)c1C. The molecule has 306 valence electrons. The Hall–Kier alpha value is -8.40. The molecule has 0 N–H and O–H groups in total. The zero-order chi connectivity index (χ0) is 43.2. The third-order valence-electron chi connectivity index (χ3n) is 13.7. The molecule has 0 atom stereocenters.